The van der Waals surface area contributed by atoms with Gasteiger partial charge in [-0.05, 0) is 32.1 Å². The van der Waals surface area contributed by atoms with Gasteiger partial charge in [-0.15, -0.1) is 0 Å². The number of urea groups is 1. The third kappa shape index (κ3) is 3.75. The van der Waals surface area contributed by atoms with Crippen LogP contribution in [-0.4, -0.2) is 45.0 Å². The molecule has 2 N–H and O–H groups in total. The summed E-state index contributed by atoms with van der Waals surface area (Å²) in [5.74, 6) is 0.913. The van der Waals surface area contributed by atoms with Crippen molar-refractivity contribution in [2.45, 2.75) is 45.6 Å². The molecular weight excluding hydrogens is 268 g/mol. The van der Waals surface area contributed by atoms with E-state index in [0.717, 1.165) is 37.2 Å². The molecule has 0 aliphatic carbocycles. The zero-order chi connectivity index (χ0) is 15.4. The van der Waals surface area contributed by atoms with E-state index in [1.807, 2.05) is 18.0 Å². The van der Waals surface area contributed by atoms with E-state index in [-0.39, 0.29) is 24.6 Å². The van der Waals surface area contributed by atoms with Gasteiger partial charge in [0, 0.05) is 32.3 Å². The Bertz CT molecular complexity index is 486. The molecule has 2 amide bonds. The Morgan fingerprint density at radius 2 is 2.29 bits per heavy atom. The summed E-state index contributed by atoms with van der Waals surface area (Å²) in [6, 6.07) is 2.03. The van der Waals surface area contributed by atoms with Gasteiger partial charge in [-0.25, -0.2) is 4.79 Å². The molecule has 0 saturated carbocycles. The number of anilines is 1. The highest BCUT2D eigenvalue weighted by Crippen LogP contribution is 2.22. The van der Waals surface area contributed by atoms with Crippen LogP contribution in [0, 0.1) is 5.92 Å². The van der Waals surface area contributed by atoms with Crippen molar-refractivity contribution in [3.8, 4) is 0 Å². The molecule has 6 nitrogen and oxygen atoms in total. The number of nitrogens with one attached hydrogen (secondary N) is 1. The molecule has 0 aromatic carbocycles. The van der Waals surface area contributed by atoms with Crippen LogP contribution in [0.3, 0.4) is 0 Å². The normalized spacial score (nSPS) is 22.4. The van der Waals surface area contributed by atoms with Crippen LogP contribution >= 0.6 is 0 Å². The molecule has 2 unspecified atom stereocenters. The molecule has 2 atom stereocenters. The largest absolute Gasteiger partial charge is 0.396 e. The van der Waals surface area contributed by atoms with E-state index in [4.69, 9.17) is 0 Å². The number of amides is 2. The van der Waals surface area contributed by atoms with Crippen molar-refractivity contribution in [2.75, 3.05) is 18.5 Å². The molecule has 0 spiro atoms. The van der Waals surface area contributed by atoms with Gasteiger partial charge in [-0.2, -0.15) is 5.10 Å². The predicted molar refractivity (Wildman–Crippen MR) is 82.2 cm³/mol. The Kier molecular flexibility index (Phi) is 5.22. The van der Waals surface area contributed by atoms with Crippen LogP contribution in [0.4, 0.5) is 10.6 Å². The first-order valence-corrected chi connectivity index (χ1v) is 7.76. The van der Waals surface area contributed by atoms with Crippen LogP contribution in [0.15, 0.2) is 6.07 Å². The number of aryl methyl sites for hydroxylation is 2. The number of carbonyl (C=O) groups excluding carboxylic acids is 1. The number of aliphatic hydroxyl groups is 1. The van der Waals surface area contributed by atoms with E-state index in [0.29, 0.717) is 6.54 Å². The van der Waals surface area contributed by atoms with Gasteiger partial charge in [0.25, 0.3) is 0 Å². The Balaban J connectivity index is 2.02. The van der Waals surface area contributed by atoms with E-state index >= 15 is 0 Å². The predicted octanol–water partition coefficient (Wildman–Crippen LogP) is 2.00. The van der Waals surface area contributed by atoms with Crippen LogP contribution in [-0.2, 0) is 13.5 Å². The molecule has 21 heavy (non-hydrogen) atoms. The summed E-state index contributed by atoms with van der Waals surface area (Å²) >= 11 is 0. The molecule has 6 heteroatoms. The first-order valence-electron chi connectivity index (χ1n) is 7.76. The average Bonchev–Trinajstić information content (AvgIpc) is 2.79. The summed E-state index contributed by atoms with van der Waals surface area (Å²) in [6.07, 6.45) is 3.86. The Morgan fingerprint density at radius 1 is 1.52 bits per heavy atom. The van der Waals surface area contributed by atoms with Crippen molar-refractivity contribution in [3.05, 3.63) is 11.8 Å². The van der Waals surface area contributed by atoms with Gasteiger partial charge in [0.2, 0.25) is 0 Å². The monoisotopic (exact) mass is 294 g/mol. The van der Waals surface area contributed by atoms with Gasteiger partial charge in [0.1, 0.15) is 5.82 Å². The Morgan fingerprint density at radius 3 is 2.95 bits per heavy atom. The zero-order valence-electron chi connectivity index (χ0n) is 13.2. The van der Waals surface area contributed by atoms with Crippen molar-refractivity contribution < 1.29 is 9.90 Å². The molecule has 0 bridgehead atoms. The van der Waals surface area contributed by atoms with Crippen molar-refractivity contribution >= 4 is 11.8 Å². The molecule has 2 heterocycles. The SMILES string of the molecule is CCCc1cc(NC(=O)N2CC(CO)CCC2C)n(C)n1. The van der Waals surface area contributed by atoms with E-state index in [1.165, 1.54) is 0 Å². The van der Waals surface area contributed by atoms with Crippen LogP contribution in [0.25, 0.3) is 0 Å². The van der Waals surface area contributed by atoms with Crippen LogP contribution in [0.5, 0.6) is 0 Å². The number of nitrogens with zero attached hydrogens (tertiary/aromatic N) is 3. The van der Waals surface area contributed by atoms with Gasteiger partial charge < -0.3 is 10.0 Å². The topological polar surface area (TPSA) is 70.4 Å². The number of piperidine rings is 1. The highest BCUT2D eigenvalue weighted by atomic mass is 16.3. The minimum absolute atomic E-state index is 0.105. The molecular formula is C15H26N4O2. The minimum atomic E-state index is -0.105. The maximum atomic E-state index is 12.5. The second kappa shape index (κ2) is 6.93. The number of aromatic nitrogens is 2. The third-order valence-corrected chi connectivity index (χ3v) is 4.17. The Labute approximate surface area is 126 Å². The van der Waals surface area contributed by atoms with Gasteiger partial charge in [-0.1, -0.05) is 13.3 Å². The number of rotatable bonds is 4. The summed E-state index contributed by atoms with van der Waals surface area (Å²) < 4.78 is 1.71. The van der Waals surface area contributed by atoms with E-state index in [1.54, 1.807) is 4.68 Å². The van der Waals surface area contributed by atoms with Crippen LogP contribution < -0.4 is 5.32 Å². The summed E-state index contributed by atoms with van der Waals surface area (Å²) in [7, 11) is 1.84. The summed E-state index contributed by atoms with van der Waals surface area (Å²) in [4.78, 5) is 14.3. The lowest BCUT2D eigenvalue weighted by molar-refractivity contribution is 0.107. The molecule has 1 fully saturated rings. The second-order valence-electron chi connectivity index (χ2n) is 5.95. The van der Waals surface area contributed by atoms with Crippen LogP contribution in [0.1, 0.15) is 38.8 Å². The highest BCUT2D eigenvalue weighted by Gasteiger charge is 2.29. The van der Waals surface area contributed by atoms with Crippen LogP contribution in [0.2, 0.25) is 0 Å². The summed E-state index contributed by atoms with van der Waals surface area (Å²) in [5.41, 5.74) is 0.996. The van der Waals surface area contributed by atoms with Gasteiger partial charge in [0.15, 0.2) is 0 Å². The molecule has 1 saturated heterocycles. The highest BCUT2D eigenvalue weighted by molar-refractivity contribution is 5.88. The molecule has 1 aromatic heterocycles. The average molecular weight is 294 g/mol. The molecule has 1 aliphatic heterocycles. The summed E-state index contributed by atoms with van der Waals surface area (Å²) in [5, 5.41) is 16.6. The molecule has 0 radical (unpaired) electrons. The lowest BCUT2D eigenvalue weighted by atomic mass is 9.94. The molecule has 1 aliphatic rings. The zero-order valence-corrected chi connectivity index (χ0v) is 13.2. The number of aliphatic hydroxyl groups excluding tert-OH is 1. The lowest BCUT2D eigenvalue weighted by Crippen LogP contribution is -2.48. The molecule has 1 aromatic rings. The van der Waals surface area contributed by atoms with Crippen molar-refractivity contribution in [1.29, 1.82) is 0 Å². The standard InChI is InChI=1S/C15H26N4O2/c1-4-5-13-8-14(18(3)17-13)16-15(21)19-9-12(10-20)7-6-11(19)2/h8,11-12,20H,4-7,9-10H2,1-3H3,(H,16,21). The smallest absolute Gasteiger partial charge is 0.323 e. The first kappa shape index (κ1) is 15.8. The van der Waals surface area contributed by atoms with E-state index < -0.39 is 0 Å². The van der Waals surface area contributed by atoms with Crippen molar-refractivity contribution in [2.24, 2.45) is 13.0 Å². The number of carbonyl (C=O) groups is 1. The number of likely N-dealkylation sites (tertiary alicyclic amines) is 1. The maximum Gasteiger partial charge on any atom is 0.323 e. The van der Waals surface area contributed by atoms with E-state index in [2.05, 4.69) is 24.3 Å². The third-order valence-electron chi connectivity index (χ3n) is 4.17. The lowest BCUT2D eigenvalue weighted by Gasteiger charge is -2.37. The fourth-order valence-electron chi connectivity index (χ4n) is 2.82. The maximum absolute atomic E-state index is 12.5. The molecule has 2 rings (SSSR count). The fraction of sp³-hybridized carbons (Fsp3) is 0.733. The van der Waals surface area contributed by atoms with Gasteiger partial charge >= 0.3 is 6.03 Å². The number of hydrogen-bond acceptors (Lipinski definition) is 3. The Hall–Kier alpha value is -1.56. The van der Waals surface area contributed by atoms with E-state index in [9.17, 15) is 9.90 Å². The number of hydrogen-bond donors (Lipinski definition) is 2. The first-order chi connectivity index (χ1) is 10.0. The van der Waals surface area contributed by atoms with Gasteiger partial charge in [-0.3, -0.25) is 10.00 Å². The fourth-order valence-corrected chi connectivity index (χ4v) is 2.82. The van der Waals surface area contributed by atoms with Gasteiger partial charge in [0.05, 0.1) is 5.69 Å². The van der Waals surface area contributed by atoms with Crippen molar-refractivity contribution in [1.82, 2.24) is 14.7 Å². The summed E-state index contributed by atoms with van der Waals surface area (Å²) in [6.45, 7) is 4.92. The minimum Gasteiger partial charge on any atom is -0.396 e. The quantitative estimate of drug-likeness (QED) is 0.892. The second-order valence-corrected chi connectivity index (χ2v) is 5.95. The van der Waals surface area contributed by atoms with Crippen molar-refractivity contribution in [3.63, 3.8) is 0 Å². The molecule has 118 valence electrons.